The second-order valence-corrected chi connectivity index (χ2v) is 5.66. The summed E-state index contributed by atoms with van der Waals surface area (Å²) < 4.78 is 38.1. The molecular weight excluding hydrogens is 299 g/mol. The van der Waals surface area contributed by atoms with E-state index in [1.165, 1.54) is 17.0 Å². The molecule has 0 radical (unpaired) electrons. The topological polar surface area (TPSA) is 57.6 Å². The average Bonchev–Trinajstić information content (AvgIpc) is 2.45. The molecular formula is C15H16F3NO3. The summed E-state index contributed by atoms with van der Waals surface area (Å²) in [6.45, 7) is 2.19. The molecule has 0 saturated carbocycles. The molecule has 0 spiro atoms. The second-order valence-electron chi connectivity index (χ2n) is 5.66. The van der Waals surface area contributed by atoms with Gasteiger partial charge in [-0.3, -0.25) is 9.59 Å². The van der Waals surface area contributed by atoms with Crippen LogP contribution >= 0.6 is 0 Å². The average molecular weight is 315 g/mol. The van der Waals surface area contributed by atoms with Crippen LogP contribution < -0.4 is 0 Å². The molecule has 1 N–H and O–H groups in total. The molecule has 2 rings (SSSR count). The van der Waals surface area contributed by atoms with Crippen molar-refractivity contribution in [3.63, 3.8) is 0 Å². The number of hydrogen-bond acceptors (Lipinski definition) is 2. The molecule has 0 aliphatic carbocycles. The van der Waals surface area contributed by atoms with Crippen molar-refractivity contribution in [2.75, 3.05) is 13.1 Å². The fraction of sp³-hybridized carbons (Fsp3) is 0.467. The molecule has 22 heavy (non-hydrogen) atoms. The number of benzene rings is 1. The molecule has 2 unspecified atom stereocenters. The summed E-state index contributed by atoms with van der Waals surface area (Å²) in [5.74, 6) is -2.25. The van der Waals surface area contributed by atoms with Gasteiger partial charge in [0.1, 0.15) is 0 Å². The summed E-state index contributed by atoms with van der Waals surface area (Å²) in [7, 11) is 0. The number of carboxylic acid groups (broad SMARTS) is 1. The third-order valence-corrected chi connectivity index (χ3v) is 3.73. The van der Waals surface area contributed by atoms with Gasteiger partial charge >= 0.3 is 12.1 Å². The Morgan fingerprint density at radius 3 is 2.55 bits per heavy atom. The van der Waals surface area contributed by atoms with Gasteiger partial charge in [-0.05, 0) is 30.5 Å². The van der Waals surface area contributed by atoms with E-state index in [-0.39, 0.29) is 18.0 Å². The van der Waals surface area contributed by atoms with Crippen molar-refractivity contribution in [1.29, 1.82) is 0 Å². The predicted octanol–water partition coefficient (Wildman–Crippen LogP) is 2.89. The Bertz CT molecular complexity index is 586. The quantitative estimate of drug-likeness (QED) is 0.913. The molecule has 2 atom stereocenters. The molecule has 0 aromatic heterocycles. The molecule has 1 aliphatic rings. The normalized spacial score (nSPS) is 22.5. The summed E-state index contributed by atoms with van der Waals surface area (Å²) in [6, 6.07) is 4.19. The van der Waals surface area contributed by atoms with Crippen molar-refractivity contribution >= 4 is 11.9 Å². The number of halogens is 3. The molecule has 1 aromatic rings. The summed E-state index contributed by atoms with van der Waals surface area (Å²) in [4.78, 5) is 24.8. The molecule has 1 aliphatic heterocycles. The lowest BCUT2D eigenvalue weighted by molar-refractivity contribution is -0.143. The van der Waals surface area contributed by atoms with Crippen LogP contribution in [-0.2, 0) is 11.0 Å². The first-order valence-electron chi connectivity index (χ1n) is 6.88. The van der Waals surface area contributed by atoms with Gasteiger partial charge in [-0.1, -0.05) is 13.0 Å². The molecule has 1 amide bonds. The minimum Gasteiger partial charge on any atom is -0.481 e. The predicted molar refractivity (Wildman–Crippen MR) is 72.3 cm³/mol. The molecule has 0 bridgehead atoms. The van der Waals surface area contributed by atoms with Gasteiger partial charge in [0.15, 0.2) is 0 Å². The van der Waals surface area contributed by atoms with Gasteiger partial charge in [-0.25, -0.2) is 0 Å². The van der Waals surface area contributed by atoms with E-state index in [2.05, 4.69) is 0 Å². The van der Waals surface area contributed by atoms with Gasteiger partial charge in [0.05, 0.1) is 11.5 Å². The number of amides is 1. The van der Waals surface area contributed by atoms with Crippen molar-refractivity contribution in [2.24, 2.45) is 11.8 Å². The number of rotatable bonds is 2. The fourth-order valence-corrected chi connectivity index (χ4v) is 2.71. The Labute approximate surface area is 125 Å². The monoisotopic (exact) mass is 315 g/mol. The number of carbonyl (C=O) groups excluding carboxylic acids is 1. The van der Waals surface area contributed by atoms with Crippen LogP contribution in [0.4, 0.5) is 13.2 Å². The van der Waals surface area contributed by atoms with Gasteiger partial charge in [-0.2, -0.15) is 13.2 Å². The van der Waals surface area contributed by atoms with Gasteiger partial charge < -0.3 is 10.0 Å². The minimum absolute atomic E-state index is 0.00963. The zero-order valence-corrected chi connectivity index (χ0v) is 11.9. The zero-order valence-electron chi connectivity index (χ0n) is 11.9. The number of likely N-dealkylation sites (tertiary alicyclic amines) is 1. The first-order valence-corrected chi connectivity index (χ1v) is 6.88. The van der Waals surface area contributed by atoms with Gasteiger partial charge in [0.2, 0.25) is 0 Å². The highest BCUT2D eigenvalue weighted by molar-refractivity contribution is 5.94. The highest BCUT2D eigenvalue weighted by Gasteiger charge is 2.34. The van der Waals surface area contributed by atoms with Crippen molar-refractivity contribution in [3.05, 3.63) is 35.4 Å². The van der Waals surface area contributed by atoms with E-state index in [1.54, 1.807) is 0 Å². The highest BCUT2D eigenvalue weighted by atomic mass is 19.4. The van der Waals surface area contributed by atoms with Gasteiger partial charge in [0.25, 0.3) is 5.91 Å². The van der Waals surface area contributed by atoms with Crippen molar-refractivity contribution in [3.8, 4) is 0 Å². The number of hydrogen-bond donors (Lipinski definition) is 1. The lowest BCUT2D eigenvalue weighted by atomic mass is 9.90. The molecule has 1 heterocycles. The smallest absolute Gasteiger partial charge is 0.416 e. The van der Waals surface area contributed by atoms with Crippen LogP contribution in [0.15, 0.2) is 24.3 Å². The van der Waals surface area contributed by atoms with E-state index < -0.39 is 29.5 Å². The van der Waals surface area contributed by atoms with E-state index in [4.69, 9.17) is 5.11 Å². The lowest BCUT2D eigenvalue weighted by Crippen LogP contribution is -2.45. The maximum atomic E-state index is 12.7. The van der Waals surface area contributed by atoms with Crippen LogP contribution in [0, 0.1) is 11.8 Å². The first kappa shape index (κ1) is 16.3. The van der Waals surface area contributed by atoms with Crippen molar-refractivity contribution in [1.82, 2.24) is 4.90 Å². The maximum Gasteiger partial charge on any atom is 0.416 e. The Hall–Kier alpha value is -2.05. The molecule has 7 heteroatoms. The largest absolute Gasteiger partial charge is 0.481 e. The minimum atomic E-state index is -4.52. The highest BCUT2D eigenvalue weighted by Crippen LogP contribution is 2.30. The maximum absolute atomic E-state index is 12.7. The van der Waals surface area contributed by atoms with Crippen LogP contribution in [0.3, 0.4) is 0 Å². The van der Waals surface area contributed by atoms with Gasteiger partial charge in [-0.15, -0.1) is 0 Å². The fourth-order valence-electron chi connectivity index (χ4n) is 2.71. The summed E-state index contributed by atoms with van der Waals surface area (Å²) >= 11 is 0. The van der Waals surface area contributed by atoms with Gasteiger partial charge in [0, 0.05) is 18.7 Å². The van der Waals surface area contributed by atoms with Crippen molar-refractivity contribution in [2.45, 2.75) is 19.5 Å². The summed E-state index contributed by atoms with van der Waals surface area (Å²) in [6.07, 6.45) is -4.06. The Balaban J connectivity index is 2.22. The molecule has 1 fully saturated rings. The number of alkyl halides is 3. The summed E-state index contributed by atoms with van der Waals surface area (Å²) in [5.41, 5.74) is -0.966. The van der Waals surface area contributed by atoms with Crippen molar-refractivity contribution < 1.29 is 27.9 Å². The Kier molecular flexibility index (Phi) is 4.44. The molecule has 120 valence electrons. The Morgan fingerprint density at radius 2 is 1.95 bits per heavy atom. The van der Waals surface area contributed by atoms with E-state index in [0.717, 1.165) is 12.1 Å². The number of carboxylic acids is 1. The number of carbonyl (C=O) groups is 2. The third-order valence-electron chi connectivity index (χ3n) is 3.73. The molecule has 1 aromatic carbocycles. The number of aliphatic carboxylic acids is 1. The number of piperidine rings is 1. The standard InChI is InChI=1S/C15H16F3NO3/c1-9-5-11(14(21)22)8-19(7-9)13(20)10-3-2-4-12(6-10)15(16,17)18/h2-4,6,9,11H,5,7-8H2,1H3,(H,21,22). The van der Waals surface area contributed by atoms with E-state index in [9.17, 15) is 22.8 Å². The number of nitrogens with zero attached hydrogens (tertiary/aromatic N) is 1. The van der Waals surface area contributed by atoms with E-state index >= 15 is 0 Å². The van der Waals surface area contributed by atoms with Crippen LogP contribution in [0.5, 0.6) is 0 Å². The third kappa shape index (κ3) is 3.58. The van der Waals surface area contributed by atoms with Crippen LogP contribution in [0.1, 0.15) is 29.3 Å². The Morgan fingerprint density at radius 1 is 1.27 bits per heavy atom. The molecule has 1 saturated heterocycles. The van der Waals surface area contributed by atoms with Crippen LogP contribution in [0.25, 0.3) is 0 Å². The van der Waals surface area contributed by atoms with Crippen LogP contribution in [0.2, 0.25) is 0 Å². The van der Waals surface area contributed by atoms with E-state index in [0.29, 0.717) is 13.0 Å². The SMILES string of the molecule is CC1CC(C(=O)O)CN(C(=O)c2cccc(C(F)(F)F)c2)C1. The zero-order chi connectivity index (χ0) is 16.5. The lowest BCUT2D eigenvalue weighted by Gasteiger charge is -2.34. The van der Waals surface area contributed by atoms with E-state index in [1.807, 2.05) is 6.92 Å². The second kappa shape index (κ2) is 5.98. The molecule has 4 nitrogen and oxygen atoms in total. The first-order chi connectivity index (χ1) is 10.2. The van der Waals surface area contributed by atoms with Crippen LogP contribution in [-0.4, -0.2) is 35.0 Å². The summed E-state index contributed by atoms with van der Waals surface area (Å²) in [5, 5.41) is 9.09.